The van der Waals surface area contributed by atoms with E-state index in [-0.39, 0.29) is 0 Å². The van der Waals surface area contributed by atoms with Crippen LogP contribution in [-0.4, -0.2) is 23.6 Å². The second kappa shape index (κ2) is 6.80. The quantitative estimate of drug-likeness (QED) is 0.728. The molecule has 0 aliphatic heterocycles. The molecule has 0 bridgehead atoms. The second-order valence-corrected chi connectivity index (χ2v) is 5.21. The molecule has 4 heteroatoms. The molecule has 0 aliphatic carbocycles. The van der Waals surface area contributed by atoms with Crippen LogP contribution in [0, 0.1) is 5.92 Å². The van der Waals surface area contributed by atoms with Crippen molar-refractivity contribution in [3.8, 4) is 0 Å². The summed E-state index contributed by atoms with van der Waals surface area (Å²) in [7, 11) is 2.05. The second-order valence-electron chi connectivity index (χ2n) is 4.82. The number of aryl methyl sites for hydroxylation is 1. The molecule has 3 nitrogen and oxygen atoms in total. The largest absolute Gasteiger partial charge is 0.360 e. The molecule has 0 radical (unpaired) electrons. The minimum atomic E-state index is 0.537. The van der Waals surface area contributed by atoms with Gasteiger partial charge in [-0.1, -0.05) is 32.4 Å². The Morgan fingerprint density at radius 2 is 2.06 bits per heavy atom. The van der Waals surface area contributed by atoms with E-state index < -0.39 is 0 Å². The van der Waals surface area contributed by atoms with Gasteiger partial charge in [-0.2, -0.15) is 0 Å². The van der Waals surface area contributed by atoms with Crippen molar-refractivity contribution < 1.29 is 0 Å². The van der Waals surface area contributed by atoms with Gasteiger partial charge < -0.3 is 4.90 Å². The van der Waals surface area contributed by atoms with Gasteiger partial charge in [-0.15, -0.1) is 0 Å². The molecule has 96 valence electrons. The molecule has 0 aromatic carbocycles. The van der Waals surface area contributed by atoms with Crippen molar-refractivity contribution in [2.75, 3.05) is 18.5 Å². The van der Waals surface area contributed by atoms with Gasteiger partial charge in [0.2, 0.25) is 0 Å². The third kappa shape index (κ3) is 4.90. The first-order valence-electron chi connectivity index (χ1n) is 6.27. The lowest BCUT2D eigenvalue weighted by atomic mass is 10.1. The molecule has 0 saturated carbocycles. The van der Waals surface area contributed by atoms with E-state index in [0.29, 0.717) is 11.1 Å². The van der Waals surface area contributed by atoms with Gasteiger partial charge in [-0.25, -0.2) is 9.97 Å². The van der Waals surface area contributed by atoms with E-state index in [2.05, 4.69) is 42.7 Å². The van der Waals surface area contributed by atoms with E-state index in [4.69, 9.17) is 11.6 Å². The predicted molar refractivity (Wildman–Crippen MR) is 73.8 cm³/mol. The van der Waals surface area contributed by atoms with Crippen molar-refractivity contribution >= 4 is 17.4 Å². The number of aromatic nitrogens is 2. The van der Waals surface area contributed by atoms with Crippen LogP contribution in [-0.2, 0) is 6.42 Å². The minimum absolute atomic E-state index is 0.537. The molecule has 0 unspecified atom stereocenters. The van der Waals surface area contributed by atoms with Crippen molar-refractivity contribution in [3.05, 3.63) is 17.0 Å². The number of rotatable bonds is 6. The average molecular weight is 256 g/mol. The van der Waals surface area contributed by atoms with Gasteiger partial charge in [0.05, 0.1) is 0 Å². The highest BCUT2D eigenvalue weighted by atomic mass is 35.5. The van der Waals surface area contributed by atoms with E-state index in [1.54, 1.807) is 0 Å². The fraction of sp³-hybridized carbons (Fsp3) is 0.692. The Bertz CT molecular complexity index is 353. The third-order valence-electron chi connectivity index (χ3n) is 2.63. The molecular formula is C13H22ClN3. The van der Waals surface area contributed by atoms with Crippen LogP contribution in [0.1, 0.15) is 39.4 Å². The van der Waals surface area contributed by atoms with E-state index in [9.17, 15) is 0 Å². The summed E-state index contributed by atoms with van der Waals surface area (Å²) < 4.78 is 0. The van der Waals surface area contributed by atoms with Crippen LogP contribution in [0.5, 0.6) is 0 Å². The van der Waals surface area contributed by atoms with Crippen LogP contribution in [0.15, 0.2) is 6.07 Å². The summed E-state index contributed by atoms with van der Waals surface area (Å²) in [6.07, 6.45) is 3.07. The zero-order valence-corrected chi connectivity index (χ0v) is 12.0. The fourth-order valence-electron chi connectivity index (χ4n) is 1.55. The van der Waals surface area contributed by atoms with Crippen LogP contribution in [0.2, 0.25) is 5.15 Å². The SMILES string of the molecule is CCCc1nc(Cl)cc(N(C)CCC(C)C)n1. The standard InChI is InChI=1S/C13H22ClN3/c1-5-6-12-15-11(14)9-13(16-12)17(4)8-7-10(2)3/h9-10H,5-8H2,1-4H3. The summed E-state index contributed by atoms with van der Waals surface area (Å²) in [6.45, 7) is 7.57. The Balaban J connectivity index is 2.74. The lowest BCUT2D eigenvalue weighted by Crippen LogP contribution is -2.21. The molecule has 1 aromatic rings. The molecular weight excluding hydrogens is 234 g/mol. The number of halogens is 1. The highest BCUT2D eigenvalue weighted by Crippen LogP contribution is 2.16. The van der Waals surface area contributed by atoms with Crippen molar-refractivity contribution in [1.29, 1.82) is 0 Å². The van der Waals surface area contributed by atoms with E-state index >= 15 is 0 Å². The fourth-order valence-corrected chi connectivity index (χ4v) is 1.74. The summed E-state index contributed by atoms with van der Waals surface area (Å²) >= 11 is 6.01. The Morgan fingerprint density at radius 1 is 1.35 bits per heavy atom. The molecule has 0 spiro atoms. The van der Waals surface area contributed by atoms with Crippen molar-refractivity contribution in [3.63, 3.8) is 0 Å². The first kappa shape index (κ1) is 14.2. The molecule has 1 heterocycles. The van der Waals surface area contributed by atoms with Crippen molar-refractivity contribution in [2.24, 2.45) is 5.92 Å². The Hall–Kier alpha value is -0.830. The van der Waals surface area contributed by atoms with Crippen molar-refractivity contribution in [2.45, 2.75) is 40.0 Å². The molecule has 0 fully saturated rings. The highest BCUT2D eigenvalue weighted by Gasteiger charge is 2.07. The van der Waals surface area contributed by atoms with Crippen molar-refractivity contribution in [1.82, 2.24) is 9.97 Å². The Morgan fingerprint density at radius 3 is 2.65 bits per heavy atom. The Labute approximate surface area is 109 Å². The molecule has 0 atom stereocenters. The molecule has 0 aliphatic rings. The summed E-state index contributed by atoms with van der Waals surface area (Å²) in [5, 5.41) is 0.537. The number of anilines is 1. The monoisotopic (exact) mass is 255 g/mol. The van der Waals surface area contributed by atoms with Gasteiger partial charge in [0, 0.05) is 26.1 Å². The molecule has 1 aromatic heterocycles. The maximum Gasteiger partial charge on any atom is 0.134 e. The highest BCUT2D eigenvalue weighted by molar-refractivity contribution is 6.29. The molecule has 17 heavy (non-hydrogen) atoms. The van der Waals surface area contributed by atoms with Gasteiger partial charge in [-0.3, -0.25) is 0 Å². The van der Waals surface area contributed by atoms with Gasteiger partial charge in [0.15, 0.2) is 0 Å². The number of hydrogen-bond acceptors (Lipinski definition) is 3. The van der Waals surface area contributed by atoms with Crippen LogP contribution in [0.25, 0.3) is 0 Å². The lowest BCUT2D eigenvalue weighted by molar-refractivity contribution is 0.583. The van der Waals surface area contributed by atoms with Crippen LogP contribution in [0.4, 0.5) is 5.82 Å². The van der Waals surface area contributed by atoms with Crippen LogP contribution >= 0.6 is 11.6 Å². The summed E-state index contributed by atoms with van der Waals surface area (Å²) in [6, 6.07) is 1.83. The molecule has 1 rings (SSSR count). The maximum atomic E-state index is 6.01. The van der Waals surface area contributed by atoms with Crippen LogP contribution < -0.4 is 4.90 Å². The molecule has 0 amide bonds. The van der Waals surface area contributed by atoms with Gasteiger partial charge >= 0.3 is 0 Å². The van der Waals surface area contributed by atoms with Gasteiger partial charge in [-0.05, 0) is 18.8 Å². The molecule has 0 N–H and O–H groups in total. The lowest BCUT2D eigenvalue weighted by Gasteiger charge is -2.19. The van der Waals surface area contributed by atoms with E-state index in [1.807, 2.05) is 6.07 Å². The van der Waals surface area contributed by atoms with E-state index in [1.165, 1.54) is 0 Å². The summed E-state index contributed by atoms with van der Waals surface area (Å²) in [5.74, 6) is 2.46. The summed E-state index contributed by atoms with van der Waals surface area (Å²) in [4.78, 5) is 10.9. The third-order valence-corrected chi connectivity index (χ3v) is 2.83. The average Bonchev–Trinajstić information content (AvgIpc) is 2.25. The topological polar surface area (TPSA) is 29.0 Å². The summed E-state index contributed by atoms with van der Waals surface area (Å²) in [5.41, 5.74) is 0. The molecule has 0 saturated heterocycles. The maximum absolute atomic E-state index is 6.01. The number of hydrogen-bond donors (Lipinski definition) is 0. The van der Waals surface area contributed by atoms with Gasteiger partial charge in [0.1, 0.15) is 16.8 Å². The predicted octanol–water partition coefficient (Wildman–Crippen LogP) is 3.56. The normalized spacial score (nSPS) is 10.9. The minimum Gasteiger partial charge on any atom is -0.360 e. The van der Waals surface area contributed by atoms with Crippen LogP contribution in [0.3, 0.4) is 0 Å². The zero-order valence-electron chi connectivity index (χ0n) is 11.2. The van der Waals surface area contributed by atoms with E-state index in [0.717, 1.165) is 37.4 Å². The first-order valence-corrected chi connectivity index (χ1v) is 6.65. The first-order chi connectivity index (χ1) is 8.02. The number of nitrogens with zero attached hydrogens (tertiary/aromatic N) is 3. The smallest absolute Gasteiger partial charge is 0.134 e. The zero-order chi connectivity index (χ0) is 12.8. The van der Waals surface area contributed by atoms with Gasteiger partial charge in [0.25, 0.3) is 0 Å². The Kier molecular flexibility index (Phi) is 5.69.